The molecule has 1 aromatic heterocycles. The molecule has 0 bridgehead atoms. The van der Waals surface area contributed by atoms with Gasteiger partial charge in [-0.15, -0.1) is 11.3 Å². The molecular weight excluding hydrogens is 130 g/mol. The fraction of sp³-hybridized carbons (Fsp3) is 0.429. The first kappa shape index (κ1) is 5.42. The Kier molecular flexibility index (Phi) is 1.27. The van der Waals surface area contributed by atoms with Crippen LogP contribution in [0, 0.1) is 6.42 Å². The van der Waals surface area contributed by atoms with Crippen LogP contribution in [0.5, 0.6) is 0 Å². The van der Waals surface area contributed by atoms with Crippen LogP contribution in [-0.2, 0) is 12.8 Å². The van der Waals surface area contributed by atoms with Gasteiger partial charge in [0.05, 0.1) is 11.2 Å². The highest BCUT2D eigenvalue weighted by atomic mass is 32.1. The van der Waals surface area contributed by atoms with Crippen LogP contribution in [0.3, 0.4) is 0 Å². The Labute approximate surface area is 58.7 Å². The Bertz CT molecular complexity index is 184. The molecule has 0 aromatic carbocycles. The highest BCUT2D eigenvalue weighted by molar-refractivity contribution is 7.09. The van der Waals surface area contributed by atoms with Crippen molar-refractivity contribution in [2.24, 2.45) is 0 Å². The Morgan fingerprint density at radius 1 is 1.67 bits per heavy atom. The van der Waals surface area contributed by atoms with E-state index in [2.05, 4.69) is 11.4 Å². The molecular formula is C7H7NS. The number of thiazole rings is 1. The summed E-state index contributed by atoms with van der Waals surface area (Å²) in [4.78, 5) is 5.68. The van der Waals surface area contributed by atoms with E-state index in [-0.39, 0.29) is 0 Å². The summed E-state index contributed by atoms with van der Waals surface area (Å²) in [6, 6.07) is 0. The van der Waals surface area contributed by atoms with Crippen molar-refractivity contribution in [2.45, 2.75) is 19.3 Å². The van der Waals surface area contributed by atoms with E-state index in [1.54, 1.807) is 11.3 Å². The summed E-state index contributed by atoms with van der Waals surface area (Å²) < 4.78 is 0. The minimum atomic E-state index is 0.971. The molecule has 0 atom stereocenters. The summed E-state index contributed by atoms with van der Waals surface area (Å²) in [6.07, 6.45) is 6.53. The van der Waals surface area contributed by atoms with Crippen molar-refractivity contribution in [3.8, 4) is 0 Å². The zero-order valence-corrected chi connectivity index (χ0v) is 5.87. The third kappa shape index (κ3) is 0.874. The molecule has 1 aromatic rings. The van der Waals surface area contributed by atoms with Crippen LogP contribution in [-0.4, -0.2) is 4.98 Å². The second-order valence-corrected chi connectivity index (χ2v) is 3.09. The van der Waals surface area contributed by atoms with Crippen molar-refractivity contribution >= 4 is 11.3 Å². The molecule has 2 rings (SSSR count). The number of hydrogen-bond donors (Lipinski definition) is 0. The van der Waals surface area contributed by atoms with Gasteiger partial charge < -0.3 is 0 Å². The second-order valence-electron chi connectivity index (χ2n) is 2.15. The van der Waals surface area contributed by atoms with Crippen molar-refractivity contribution in [2.75, 3.05) is 0 Å². The number of nitrogens with zero attached hydrogens (tertiary/aromatic N) is 1. The third-order valence-electron chi connectivity index (χ3n) is 1.55. The summed E-state index contributed by atoms with van der Waals surface area (Å²) in [6.45, 7) is 0. The maximum absolute atomic E-state index is 4.21. The molecule has 1 nitrogen and oxygen atoms in total. The lowest BCUT2D eigenvalue weighted by molar-refractivity contribution is 0.826. The van der Waals surface area contributed by atoms with Gasteiger partial charge >= 0.3 is 0 Å². The Morgan fingerprint density at radius 2 is 2.67 bits per heavy atom. The highest BCUT2D eigenvalue weighted by Crippen LogP contribution is 2.22. The quantitative estimate of drug-likeness (QED) is 0.530. The van der Waals surface area contributed by atoms with Crippen LogP contribution in [0.1, 0.15) is 17.0 Å². The zero-order valence-electron chi connectivity index (χ0n) is 5.05. The number of rotatable bonds is 0. The molecule has 46 valence electrons. The first-order chi connectivity index (χ1) is 4.47. The lowest BCUT2D eigenvalue weighted by Gasteiger charge is -2.06. The van der Waals surface area contributed by atoms with Gasteiger partial charge in [0, 0.05) is 4.88 Å². The molecule has 0 N–H and O–H groups in total. The minimum Gasteiger partial charge on any atom is -0.249 e. The zero-order chi connectivity index (χ0) is 6.10. The molecule has 1 aliphatic carbocycles. The average molecular weight is 137 g/mol. The molecule has 0 saturated carbocycles. The second kappa shape index (κ2) is 2.10. The van der Waals surface area contributed by atoms with Crippen LogP contribution in [0.2, 0.25) is 0 Å². The minimum absolute atomic E-state index is 0.971. The van der Waals surface area contributed by atoms with Gasteiger partial charge in [-0.2, -0.15) is 0 Å². The predicted octanol–water partition coefficient (Wildman–Crippen LogP) is 1.71. The monoisotopic (exact) mass is 137 g/mol. The molecule has 1 aliphatic rings. The van der Waals surface area contributed by atoms with Crippen LogP contribution < -0.4 is 0 Å². The average Bonchev–Trinajstić information content (AvgIpc) is 2.33. The van der Waals surface area contributed by atoms with Crippen molar-refractivity contribution in [3.63, 3.8) is 0 Å². The predicted molar refractivity (Wildman–Crippen MR) is 37.4 cm³/mol. The van der Waals surface area contributed by atoms with Crippen LogP contribution >= 0.6 is 11.3 Å². The van der Waals surface area contributed by atoms with E-state index < -0.39 is 0 Å². The standard InChI is InChI=1S/C7H7NS/c1-2-4-7-6(3-1)8-5-9-7/h5H,2-4H2. The molecule has 0 fully saturated rings. The largest absolute Gasteiger partial charge is 0.249 e. The van der Waals surface area contributed by atoms with E-state index in [0.717, 1.165) is 12.8 Å². The smallest absolute Gasteiger partial charge is 0.0797 e. The van der Waals surface area contributed by atoms with Gasteiger partial charge in [0.2, 0.25) is 0 Å². The molecule has 0 amide bonds. The number of aryl methyl sites for hydroxylation is 1. The molecule has 0 unspecified atom stereocenters. The van der Waals surface area contributed by atoms with Crippen molar-refractivity contribution in [3.05, 3.63) is 22.5 Å². The van der Waals surface area contributed by atoms with Gasteiger partial charge in [0.1, 0.15) is 0 Å². The van der Waals surface area contributed by atoms with E-state index in [9.17, 15) is 0 Å². The summed E-state index contributed by atoms with van der Waals surface area (Å²) >= 11 is 1.77. The highest BCUT2D eigenvalue weighted by Gasteiger charge is 2.10. The van der Waals surface area contributed by atoms with Gasteiger partial charge in [0.15, 0.2) is 0 Å². The van der Waals surface area contributed by atoms with E-state index in [1.165, 1.54) is 17.0 Å². The molecule has 2 radical (unpaired) electrons. The molecule has 0 spiro atoms. The first-order valence-corrected chi connectivity index (χ1v) is 3.97. The van der Waals surface area contributed by atoms with Crippen molar-refractivity contribution in [1.29, 1.82) is 0 Å². The van der Waals surface area contributed by atoms with E-state index in [0.29, 0.717) is 0 Å². The maximum atomic E-state index is 4.21. The molecule has 2 heteroatoms. The summed E-state index contributed by atoms with van der Waals surface area (Å²) in [5, 5.41) is 0. The Balaban J connectivity index is 2.39. The van der Waals surface area contributed by atoms with Gasteiger partial charge in [-0.25, -0.2) is 4.98 Å². The molecule has 9 heavy (non-hydrogen) atoms. The number of fused-ring (bicyclic) bond motifs is 1. The van der Waals surface area contributed by atoms with Crippen LogP contribution in [0.25, 0.3) is 0 Å². The lowest BCUT2D eigenvalue weighted by Crippen LogP contribution is -1.99. The van der Waals surface area contributed by atoms with Gasteiger partial charge in [0.25, 0.3) is 0 Å². The van der Waals surface area contributed by atoms with Crippen LogP contribution in [0.15, 0.2) is 5.51 Å². The van der Waals surface area contributed by atoms with Crippen molar-refractivity contribution < 1.29 is 0 Å². The van der Waals surface area contributed by atoms with Gasteiger partial charge in [-0.3, -0.25) is 0 Å². The summed E-state index contributed by atoms with van der Waals surface area (Å²) in [5.74, 6) is 0. The van der Waals surface area contributed by atoms with Gasteiger partial charge in [-0.1, -0.05) is 0 Å². The Hall–Kier alpha value is -0.370. The van der Waals surface area contributed by atoms with E-state index in [4.69, 9.17) is 0 Å². The van der Waals surface area contributed by atoms with Crippen LogP contribution in [0.4, 0.5) is 0 Å². The molecule has 1 heterocycles. The van der Waals surface area contributed by atoms with E-state index in [1.807, 2.05) is 5.51 Å². The number of aromatic nitrogens is 1. The summed E-state index contributed by atoms with van der Waals surface area (Å²) in [7, 11) is 0. The molecule has 0 aliphatic heterocycles. The Morgan fingerprint density at radius 3 is 3.56 bits per heavy atom. The fourth-order valence-corrected chi connectivity index (χ4v) is 1.84. The molecule has 0 saturated heterocycles. The van der Waals surface area contributed by atoms with Crippen molar-refractivity contribution in [1.82, 2.24) is 4.98 Å². The number of hydrogen-bond acceptors (Lipinski definition) is 2. The maximum Gasteiger partial charge on any atom is 0.0797 e. The lowest BCUT2D eigenvalue weighted by atomic mass is 10.0. The normalized spacial score (nSPS) is 17.3. The fourth-order valence-electron chi connectivity index (χ4n) is 1.05. The summed E-state index contributed by atoms with van der Waals surface area (Å²) in [5.41, 5.74) is 3.18. The van der Waals surface area contributed by atoms with E-state index >= 15 is 0 Å². The third-order valence-corrected chi connectivity index (χ3v) is 2.48. The SMILES string of the molecule is [C]1CCc2scnc2C1. The topological polar surface area (TPSA) is 12.9 Å². The first-order valence-electron chi connectivity index (χ1n) is 3.09. The van der Waals surface area contributed by atoms with Gasteiger partial charge in [-0.05, 0) is 25.7 Å².